The van der Waals surface area contributed by atoms with Crippen LogP contribution in [0.3, 0.4) is 0 Å². The number of hydrogen-bond donors (Lipinski definition) is 3. The molecule has 1 aromatic heterocycles. The second-order valence-electron chi connectivity index (χ2n) is 9.90. The third-order valence-corrected chi connectivity index (χ3v) is 6.73. The predicted octanol–water partition coefficient (Wildman–Crippen LogP) is 5.46. The second kappa shape index (κ2) is 14.5. The maximum atomic E-state index is 13.9. The molecule has 3 aromatic carbocycles. The van der Waals surface area contributed by atoms with Crippen molar-refractivity contribution >= 4 is 11.9 Å². The maximum Gasteiger partial charge on any atom is 0.374 e. The van der Waals surface area contributed by atoms with Gasteiger partial charge in [-0.3, -0.25) is 4.79 Å². The van der Waals surface area contributed by atoms with Gasteiger partial charge in [-0.15, -0.1) is 0 Å². The van der Waals surface area contributed by atoms with Crippen molar-refractivity contribution in [3.63, 3.8) is 0 Å². The van der Waals surface area contributed by atoms with Crippen LogP contribution in [0.15, 0.2) is 83.3 Å². The number of esters is 1. The lowest BCUT2D eigenvalue weighted by molar-refractivity contribution is 0.0491. The summed E-state index contributed by atoms with van der Waals surface area (Å²) in [6.45, 7) is 4.60. The highest BCUT2D eigenvalue weighted by Crippen LogP contribution is 2.24. The Labute approximate surface area is 243 Å². The van der Waals surface area contributed by atoms with Crippen molar-refractivity contribution in [3.05, 3.63) is 119 Å². The zero-order valence-electron chi connectivity index (χ0n) is 23.5. The summed E-state index contributed by atoms with van der Waals surface area (Å²) in [7, 11) is 0. The molecular weight excluding hydrogens is 542 g/mol. The Kier molecular flexibility index (Phi) is 10.6. The number of hydrogen-bond acceptors (Lipinski definition) is 6. The van der Waals surface area contributed by atoms with E-state index in [4.69, 9.17) is 9.15 Å². The number of aryl methyl sites for hydroxylation is 1. The van der Waals surface area contributed by atoms with Crippen LogP contribution in [0.25, 0.3) is 11.3 Å². The smallest absolute Gasteiger partial charge is 0.374 e. The van der Waals surface area contributed by atoms with Crippen molar-refractivity contribution < 1.29 is 32.6 Å². The van der Waals surface area contributed by atoms with Crippen molar-refractivity contribution in [2.24, 2.45) is 0 Å². The molecule has 0 aliphatic heterocycles. The van der Waals surface area contributed by atoms with E-state index in [1.807, 2.05) is 18.2 Å². The van der Waals surface area contributed by atoms with E-state index in [1.165, 1.54) is 23.8 Å². The number of aliphatic hydroxyl groups is 1. The number of rotatable bonds is 13. The normalized spacial score (nSPS) is 12.5. The Balaban J connectivity index is 1.49. The number of aliphatic hydroxyl groups excluding tert-OH is 1. The third-order valence-electron chi connectivity index (χ3n) is 6.73. The van der Waals surface area contributed by atoms with E-state index in [1.54, 1.807) is 37.3 Å². The molecular formula is C33H34F2N2O5. The molecule has 0 aliphatic rings. The van der Waals surface area contributed by atoms with Gasteiger partial charge < -0.3 is 24.9 Å². The number of furan rings is 1. The van der Waals surface area contributed by atoms with E-state index in [2.05, 4.69) is 23.6 Å². The van der Waals surface area contributed by atoms with E-state index in [0.29, 0.717) is 23.4 Å². The standard InChI is InChI=1S/C33H34F2N2O5/c1-3-21-7-5-8-22(13-21)19-36-20-29(38)28(16-23-14-26(34)18-27(35)15-23)37-32(39)25-10-6-9-24(17-25)30-11-12-31(42-30)33(40)41-4-2/h5-15,17-18,28-29,36,38H,3-4,16,19-20H2,1-2H3,(H,37,39). The summed E-state index contributed by atoms with van der Waals surface area (Å²) in [6, 6.07) is 20.0. The van der Waals surface area contributed by atoms with Gasteiger partial charge in [-0.2, -0.15) is 0 Å². The molecule has 0 saturated heterocycles. The summed E-state index contributed by atoms with van der Waals surface area (Å²) in [5.74, 6) is -2.16. The molecule has 42 heavy (non-hydrogen) atoms. The quantitative estimate of drug-likeness (QED) is 0.183. The molecule has 3 N–H and O–H groups in total. The molecule has 1 amide bonds. The van der Waals surface area contributed by atoms with E-state index < -0.39 is 35.7 Å². The molecule has 0 saturated carbocycles. The summed E-state index contributed by atoms with van der Waals surface area (Å²) < 4.78 is 38.4. The number of benzene rings is 3. The molecule has 0 spiro atoms. The molecule has 4 rings (SSSR count). The van der Waals surface area contributed by atoms with Crippen LogP contribution in [-0.4, -0.2) is 42.3 Å². The minimum absolute atomic E-state index is 0.00460. The van der Waals surface area contributed by atoms with E-state index in [-0.39, 0.29) is 30.9 Å². The molecule has 1 heterocycles. The van der Waals surface area contributed by atoms with Crippen LogP contribution < -0.4 is 10.6 Å². The molecule has 2 atom stereocenters. The molecule has 9 heteroatoms. The molecule has 0 aliphatic carbocycles. The lowest BCUT2D eigenvalue weighted by Crippen LogP contribution is -2.48. The largest absolute Gasteiger partial charge is 0.460 e. The van der Waals surface area contributed by atoms with Crippen molar-refractivity contribution in [2.75, 3.05) is 13.2 Å². The van der Waals surface area contributed by atoms with Crippen molar-refractivity contribution in [2.45, 2.75) is 45.4 Å². The van der Waals surface area contributed by atoms with E-state index in [9.17, 15) is 23.5 Å². The molecule has 0 radical (unpaired) electrons. The first kappa shape index (κ1) is 30.6. The van der Waals surface area contributed by atoms with Gasteiger partial charge in [0.1, 0.15) is 17.4 Å². The number of ether oxygens (including phenoxy) is 1. The molecule has 2 unspecified atom stereocenters. The third kappa shape index (κ3) is 8.34. The van der Waals surface area contributed by atoms with Crippen LogP contribution in [0.1, 0.15) is 51.5 Å². The number of amides is 1. The first-order valence-corrected chi connectivity index (χ1v) is 13.9. The van der Waals surface area contributed by atoms with E-state index >= 15 is 0 Å². The van der Waals surface area contributed by atoms with Gasteiger partial charge in [0.2, 0.25) is 5.76 Å². The molecule has 220 valence electrons. The topological polar surface area (TPSA) is 101 Å². The highest BCUT2D eigenvalue weighted by molar-refractivity contribution is 5.95. The average Bonchev–Trinajstić information content (AvgIpc) is 3.47. The summed E-state index contributed by atoms with van der Waals surface area (Å²) >= 11 is 0. The number of carbonyl (C=O) groups is 2. The monoisotopic (exact) mass is 576 g/mol. The van der Waals surface area contributed by atoms with Crippen molar-refractivity contribution in [3.8, 4) is 11.3 Å². The van der Waals surface area contributed by atoms with Crippen LogP contribution in [0.4, 0.5) is 8.78 Å². The minimum Gasteiger partial charge on any atom is -0.460 e. The first-order chi connectivity index (χ1) is 20.2. The zero-order valence-corrected chi connectivity index (χ0v) is 23.5. The fourth-order valence-corrected chi connectivity index (χ4v) is 4.60. The fraction of sp³-hybridized carbons (Fsp3) is 0.273. The van der Waals surface area contributed by atoms with Crippen LogP contribution in [0.2, 0.25) is 0 Å². The van der Waals surface area contributed by atoms with Gasteiger partial charge in [0.25, 0.3) is 5.91 Å². The SMILES string of the molecule is CCOC(=O)c1ccc(-c2cccc(C(=O)NC(Cc3cc(F)cc(F)c3)C(O)CNCc3cccc(CC)c3)c2)o1. The molecule has 4 aromatic rings. The first-order valence-electron chi connectivity index (χ1n) is 13.9. The van der Waals surface area contributed by atoms with Crippen LogP contribution in [0, 0.1) is 11.6 Å². The maximum absolute atomic E-state index is 13.9. The summed E-state index contributed by atoms with van der Waals surface area (Å²) in [5.41, 5.74) is 3.37. The Morgan fingerprint density at radius 2 is 1.64 bits per heavy atom. The zero-order chi connectivity index (χ0) is 30.1. The number of carbonyl (C=O) groups excluding carboxylic acids is 2. The highest BCUT2D eigenvalue weighted by Gasteiger charge is 2.23. The number of halogens is 2. The van der Waals surface area contributed by atoms with Gasteiger partial charge in [0.05, 0.1) is 18.8 Å². The van der Waals surface area contributed by atoms with Crippen molar-refractivity contribution in [1.29, 1.82) is 0 Å². The summed E-state index contributed by atoms with van der Waals surface area (Å²) in [5, 5.41) is 17.1. The average molecular weight is 577 g/mol. The van der Waals surface area contributed by atoms with Gasteiger partial charge in [-0.25, -0.2) is 13.6 Å². The Morgan fingerprint density at radius 1 is 0.905 bits per heavy atom. The van der Waals surface area contributed by atoms with Crippen LogP contribution >= 0.6 is 0 Å². The van der Waals surface area contributed by atoms with E-state index in [0.717, 1.165) is 18.1 Å². The van der Waals surface area contributed by atoms with Gasteiger partial charge in [0.15, 0.2) is 0 Å². The van der Waals surface area contributed by atoms with Crippen LogP contribution in [0.5, 0.6) is 0 Å². The Hall–Kier alpha value is -4.34. The van der Waals surface area contributed by atoms with Crippen LogP contribution in [-0.2, 0) is 24.1 Å². The highest BCUT2D eigenvalue weighted by atomic mass is 19.1. The lowest BCUT2D eigenvalue weighted by atomic mass is 9.99. The Morgan fingerprint density at radius 3 is 2.38 bits per heavy atom. The summed E-state index contributed by atoms with van der Waals surface area (Å²) in [4.78, 5) is 25.3. The minimum atomic E-state index is -1.07. The second-order valence-corrected chi connectivity index (χ2v) is 9.90. The molecule has 0 bridgehead atoms. The predicted molar refractivity (Wildman–Crippen MR) is 155 cm³/mol. The fourth-order valence-electron chi connectivity index (χ4n) is 4.60. The lowest BCUT2D eigenvalue weighted by Gasteiger charge is -2.25. The summed E-state index contributed by atoms with van der Waals surface area (Å²) in [6.07, 6.45) is -0.173. The Bertz CT molecular complexity index is 1500. The molecule has 0 fully saturated rings. The van der Waals surface area contributed by atoms with Gasteiger partial charge in [-0.05, 0) is 72.9 Å². The van der Waals surface area contributed by atoms with Gasteiger partial charge in [0, 0.05) is 30.3 Å². The number of nitrogens with one attached hydrogen (secondary N) is 2. The molecule has 7 nitrogen and oxygen atoms in total. The van der Waals surface area contributed by atoms with Gasteiger partial charge in [-0.1, -0.05) is 43.3 Å². The van der Waals surface area contributed by atoms with Gasteiger partial charge >= 0.3 is 5.97 Å². The van der Waals surface area contributed by atoms with Crippen molar-refractivity contribution in [1.82, 2.24) is 10.6 Å².